The van der Waals surface area contributed by atoms with Crippen LogP contribution >= 0.6 is 0 Å². The fraction of sp³-hybridized carbons (Fsp3) is 0.444. The molecule has 2 aliphatic heterocycles. The van der Waals surface area contributed by atoms with E-state index >= 15 is 0 Å². The molecule has 3 atom stereocenters. The molecule has 0 spiro atoms. The zero-order valence-electron chi connectivity index (χ0n) is 15.2. The Hall–Kier alpha value is -2.75. The molecule has 9 nitrogen and oxygen atoms in total. The lowest BCUT2D eigenvalue weighted by Crippen LogP contribution is -2.42. The third-order valence-corrected chi connectivity index (χ3v) is 7.55. The molecular weight excluding hydrogens is 384 g/mol. The predicted octanol–water partition coefficient (Wildman–Crippen LogP) is -0.0255. The van der Waals surface area contributed by atoms with Gasteiger partial charge in [0.1, 0.15) is 5.76 Å². The number of hydrogen-bond acceptors (Lipinski definition) is 7. The van der Waals surface area contributed by atoms with E-state index in [4.69, 9.17) is 4.52 Å². The van der Waals surface area contributed by atoms with E-state index in [1.807, 2.05) is 6.07 Å². The molecule has 0 saturated carbocycles. The number of amides is 2. The lowest BCUT2D eigenvalue weighted by molar-refractivity contribution is -0.129. The van der Waals surface area contributed by atoms with Gasteiger partial charge >= 0.3 is 0 Å². The molecule has 2 saturated heterocycles. The van der Waals surface area contributed by atoms with Crippen molar-refractivity contribution in [3.8, 4) is 0 Å². The molecule has 2 fully saturated rings. The van der Waals surface area contributed by atoms with Crippen LogP contribution in [0.4, 0.5) is 0 Å². The number of rotatable bonds is 4. The van der Waals surface area contributed by atoms with Crippen molar-refractivity contribution < 1.29 is 22.5 Å². The van der Waals surface area contributed by atoms with E-state index in [0.717, 1.165) is 5.56 Å². The van der Waals surface area contributed by atoms with Crippen molar-refractivity contribution in [2.24, 2.45) is 5.92 Å². The summed E-state index contributed by atoms with van der Waals surface area (Å²) < 4.78 is 30.0. The molecule has 28 heavy (non-hydrogen) atoms. The standard InChI is InChI=1S/C18H20N4O5S/c1-11-5-14(21-27-11)18(24)20-15-10-28(25,26)16-9-22(8-13(15)16)17(23)6-12-3-2-4-19-7-12/h2-5,7,13,15-16H,6,8-10H2,1H3,(H,20,24)/t13-,15+,16-/m0/s1. The largest absolute Gasteiger partial charge is 0.361 e. The Morgan fingerprint density at radius 1 is 1.36 bits per heavy atom. The SMILES string of the molecule is Cc1cc(C(=O)N[C@@H]2CS(=O)(=O)[C@H]3CN(C(=O)Cc4cccnc4)C[C@@H]23)no1. The number of pyridine rings is 1. The maximum absolute atomic E-state index is 12.6. The first kappa shape index (κ1) is 18.6. The van der Waals surface area contributed by atoms with E-state index in [9.17, 15) is 18.0 Å². The van der Waals surface area contributed by atoms with E-state index < -0.39 is 27.0 Å². The Morgan fingerprint density at radius 2 is 2.18 bits per heavy atom. The fourth-order valence-corrected chi connectivity index (χ4v) is 6.21. The van der Waals surface area contributed by atoms with Gasteiger partial charge in [0.05, 0.1) is 17.4 Å². The lowest BCUT2D eigenvalue weighted by atomic mass is 10.0. The zero-order chi connectivity index (χ0) is 19.9. The molecule has 4 heterocycles. The highest BCUT2D eigenvalue weighted by Crippen LogP contribution is 2.34. The minimum absolute atomic E-state index is 0.112. The first-order valence-corrected chi connectivity index (χ1v) is 10.7. The highest BCUT2D eigenvalue weighted by Gasteiger charge is 2.53. The monoisotopic (exact) mass is 404 g/mol. The number of aromatic nitrogens is 2. The number of carbonyl (C=O) groups excluding carboxylic acids is 2. The normalized spacial score (nSPS) is 25.5. The van der Waals surface area contributed by atoms with Gasteiger partial charge in [-0.2, -0.15) is 0 Å². The van der Waals surface area contributed by atoms with Crippen LogP contribution < -0.4 is 5.32 Å². The molecule has 0 unspecified atom stereocenters. The fourth-order valence-electron chi connectivity index (χ4n) is 3.92. The Bertz CT molecular complexity index is 1000. The summed E-state index contributed by atoms with van der Waals surface area (Å²) in [5, 5.41) is 5.76. The van der Waals surface area contributed by atoms with Crippen molar-refractivity contribution in [3.63, 3.8) is 0 Å². The highest BCUT2D eigenvalue weighted by atomic mass is 32.2. The number of nitrogens with one attached hydrogen (secondary N) is 1. The minimum atomic E-state index is -3.40. The van der Waals surface area contributed by atoms with Crippen LogP contribution in [0.15, 0.2) is 35.1 Å². The van der Waals surface area contributed by atoms with Crippen LogP contribution in [0.25, 0.3) is 0 Å². The van der Waals surface area contributed by atoms with Crippen molar-refractivity contribution in [1.82, 2.24) is 20.4 Å². The maximum Gasteiger partial charge on any atom is 0.273 e. The first-order chi connectivity index (χ1) is 13.3. The van der Waals surface area contributed by atoms with Gasteiger partial charge < -0.3 is 14.7 Å². The van der Waals surface area contributed by atoms with Gasteiger partial charge in [-0.3, -0.25) is 14.6 Å². The van der Waals surface area contributed by atoms with Crippen molar-refractivity contribution >= 4 is 21.7 Å². The number of hydrogen-bond donors (Lipinski definition) is 1. The smallest absolute Gasteiger partial charge is 0.273 e. The van der Waals surface area contributed by atoms with Crippen LogP contribution in [-0.2, 0) is 21.1 Å². The predicted molar refractivity (Wildman–Crippen MR) is 98.1 cm³/mol. The molecule has 1 N–H and O–H groups in total. The van der Waals surface area contributed by atoms with Gasteiger partial charge in [-0.1, -0.05) is 11.2 Å². The van der Waals surface area contributed by atoms with Gasteiger partial charge in [0.25, 0.3) is 5.91 Å². The maximum atomic E-state index is 12.6. The molecule has 2 aromatic heterocycles. The van der Waals surface area contributed by atoms with Gasteiger partial charge in [0, 0.05) is 43.5 Å². The van der Waals surface area contributed by atoms with Gasteiger partial charge in [-0.05, 0) is 18.6 Å². The molecule has 2 aliphatic rings. The summed E-state index contributed by atoms with van der Waals surface area (Å²) in [6, 6.07) is 4.50. The van der Waals surface area contributed by atoms with Crippen LogP contribution in [0.5, 0.6) is 0 Å². The van der Waals surface area contributed by atoms with Crippen molar-refractivity contribution in [1.29, 1.82) is 0 Å². The molecule has 10 heteroatoms. The Balaban J connectivity index is 1.46. The Morgan fingerprint density at radius 3 is 2.86 bits per heavy atom. The molecule has 0 aliphatic carbocycles. The molecule has 4 rings (SSSR count). The summed E-state index contributed by atoms with van der Waals surface area (Å²) in [7, 11) is -3.40. The van der Waals surface area contributed by atoms with Crippen LogP contribution in [0, 0.1) is 12.8 Å². The summed E-state index contributed by atoms with van der Waals surface area (Å²) in [4.78, 5) is 30.5. The summed E-state index contributed by atoms with van der Waals surface area (Å²) in [5.74, 6) is -0.585. The average molecular weight is 404 g/mol. The highest BCUT2D eigenvalue weighted by molar-refractivity contribution is 7.92. The van der Waals surface area contributed by atoms with Gasteiger partial charge in [-0.25, -0.2) is 8.42 Å². The molecule has 2 amide bonds. The zero-order valence-corrected chi connectivity index (χ0v) is 16.1. The van der Waals surface area contributed by atoms with E-state index in [-0.39, 0.29) is 36.2 Å². The van der Waals surface area contributed by atoms with Crippen LogP contribution in [-0.4, -0.2) is 65.4 Å². The van der Waals surface area contributed by atoms with E-state index in [2.05, 4.69) is 15.5 Å². The third kappa shape index (κ3) is 3.51. The van der Waals surface area contributed by atoms with Crippen molar-refractivity contribution in [2.45, 2.75) is 24.6 Å². The second-order valence-corrected chi connectivity index (χ2v) is 9.54. The first-order valence-electron chi connectivity index (χ1n) is 8.96. The van der Waals surface area contributed by atoms with Gasteiger partial charge in [-0.15, -0.1) is 0 Å². The number of carbonyl (C=O) groups is 2. The number of fused-ring (bicyclic) bond motifs is 1. The summed E-state index contributed by atoms with van der Waals surface area (Å²) in [5.41, 5.74) is 0.888. The summed E-state index contributed by atoms with van der Waals surface area (Å²) in [6.45, 7) is 2.12. The molecule has 0 radical (unpaired) electrons. The van der Waals surface area contributed by atoms with Gasteiger partial charge in [0.2, 0.25) is 5.91 Å². The average Bonchev–Trinajstić information content (AvgIpc) is 3.33. The molecule has 0 aromatic carbocycles. The van der Waals surface area contributed by atoms with Crippen LogP contribution in [0.1, 0.15) is 21.8 Å². The lowest BCUT2D eigenvalue weighted by Gasteiger charge is -2.20. The Labute approximate surface area is 162 Å². The number of sulfone groups is 1. The molecule has 148 valence electrons. The number of likely N-dealkylation sites (tertiary alicyclic amines) is 1. The second-order valence-electron chi connectivity index (χ2n) is 7.27. The van der Waals surface area contributed by atoms with E-state index in [0.29, 0.717) is 12.3 Å². The van der Waals surface area contributed by atoms with Gasteiger partial charge in [0.15, 0.2) is 15.5 Å². The molecule has 0 bridgehead atoms. The topological polar surface area (TPSA) is 122 Å². The third-order valence-electron chi connectivity index (χ3n) is 5.31. The number of aryl methyl sites for hydroxylation is 1. The minimum Gasteiger partial charge on any atom is -0.361 e. The van der Waals surface area contributed by atoms with E-state index in [1.165, 1.54) is 6.07 Å². The van der Waals surface area contributed by atoms with Crippen molar-refractivity contribution in [2.75, 3.05) is 18.8 Å². The Kier molecular flexibility index (Phi) is 4.66. The van der Waals surface area contributed by atoms with Crippen LogP contribution in [0.3, 0.4) is 0 Å². The summed E-state index contributed by atoms with van der Waals surface area (Å²) in [6.07, 6.45) is 3.42. The van der Waals surface area contributed by atoms with Crippen LogP contribution in [0.2, 0.25) is 0 Å². The van der Waals surface area contributed by atoms with Crippen molar-refractivity contribution in [3.05, 3.63) is 47.6 Å². The molecular formula is C18H20N4O5S. The number of nitrogens with zero attached hydrogens (tertiary/aromatic N) is 3. The molecule has 2 aromatic rings. The second kappa shape index (κ2) is 7.01. The van der Waals surface area contributed by atoms with E-state index in [1.54, 1.807) is 30.3 Å². The quantitative estimate of drug-likeness (QED) is 0.759. The summed E-state index contributed by atoms with van der Waals surface area (Å²) >= 11 is 0.